The number of rotatable bonds is 0. The van der Waals surface area contributed by atoms with Crippen LogP contribution in [0.25, 0.3) is 0 Å². The van der Waals surface area contributed by atoms with Crippen molar-refractivity contribution >= 4 is 0 Å². The summed E-state index contributed by atoms with van der Waals surface area (Å²) < 4.78 is 14.8. The van der Waals surface area contributed by atoms with Crippen LogP contribution in [0.3, 0.4) is 0 Å². The number of hydrogen-bond acceptors (Lipinski definition) is 0. The van der Waals surface area contributed by atoms with Gasteiger partial charge in [0, 0.05) is 0 Å². The van der Waals surface area contributed by atoms with Gasteiger partial charge in [-0.15, -0.1) is 0 Å². The van der Waals surface area contributed by atoms with E-state index in [2.05, 4.69) is 13.8 Å². The van der Waals surface area contributed by atoms with Gasteiger partial charge < -0.3 is 0 Å². The van der Waals surface area contributed by atoms with Crippen molar-refractivity contribution in [1.29, 1.82) is 0 Å². The molecule has 10 fully saturated rings. The molecule has 0 aromatic carbocycles. The zero-order chi connectivity index (χ0) is 7.94. The number of hydrogen-bond donors (Lipinski definition) is 0. The standard InChI is InChI=1S/C7H9.C5H5.Zr/c1-6-4-3-5-7(6)2;1-2-4-5-3-1;/h3-5H,1-2H3;1-5H;. The maximum absolute atomic E-state index is 3.13. The Kier molecular flexibility index (Phi) is 0.0918. The van der Waals surface area contributed by atoms with Gasteiger partial charge in [0.05, 0.1) is 0 Å². The third kappa shape index (κ3) is 0.0294. The Morgan fingerprint density at radius 1 is 0.692 bits per heavy atom. The Labute approximate surface area is 60.2 Å². The minimum atomic E-state index is -3.13. The molecule has 10 aliphatic heterocycles. The van der Waals surface area contributed by atoms with E-state index in [0.717, 1.165) is 0 Å². The van der Waals surface area contributed by atoms with Crippen molar-refractivity contribution in [2.24, 2.45) is 0 Å². The number of fused-ring (bicyclic) bond motifs is 10. The van der Waals surface area contributed by atoms with Gasteiger partial charge in [-0.1, -0.05) is 0 Å². The molecule has 0 bridgehead atoms. The van der Waals surface area contributed by atoms with Gasteiger partial charge in [0.25, 0.3) is 0 Å². The van der Waals surface area contributed by atoms with E-state index in [0.29, 0.717) is 0 Å². The fraction of sp³-hybridized carbons (Fsp3) is 1.00. The molecule has 1 heteroatoms. The third-order valence-corrected chi connectivity index (χ3v) is 124. The molecule has 1 spiro atoms. The van der Waals surface area contributed by atoms with E-state index in [-0.39, 0.29) is 0 Å². The predicted molar refractivity (Wildman–Crippen MR) is 46.7 cm³/mol. The molecule has 0 aromatic heterocycles. The first-order valence-corrected chi connectivity index (χ1v) is 20.8. The van der Waals surface area contributed by atoms with E-state index in [4.69, 9.17) is 0 Å². The Morgan fingerprint density at radius 2 is 1.08 bits per heavy atom. The summed E-state index contributed by atoms with van der Waals surface area (Å²) >= 11 is -3.13. The molecule has 4 atom stereocenters. The van der Waals surface area contributed by atoms with E-state index < -0.39 is 11.4 Å². The molecule has 66 valence electrons. The van der Waals surface area contributed by atoms with Gasteiger partial charge in [-0.05, 0) is 0 Å². The van der Waals surface area contributed by atoms with Gasteiger partial charge in [0.1, 0.15) is 0 Å². The van der Waals surface area contributed by atoms with Crippen LogP contribution in [0.1, 0.15) is 13.8 Å². The zero-order valence-electron chi connectivity index (χ0n) is 8.12. The van der Waals surface area contributed by atoms with Crippen LogP contribution in [0.5, 0.6) is 0 Å². The SMILES string of the molecule is C[C]12[CH]3[CH]4[CH]5[C]1(C)[Zr]43521678[CH]2[CH]1[CH]6[CH]7[CH]28. The molecule has 0 aromatic rings. The van der Waals surface area contributed by atoms with E-state index in [1.807, 2.05) is 0 Å². The topological polar surface area (TPSA) is 0 Å². The molecular weight excluding hydrogens is 235 g/mol. The van der Waals surface area contributed by atoms with Gasteiger partial charge in [-0.25, -0.2) is 0 Å². The molecule has 0 amide bonds. The van der Waals surface area contributed by atoms with E-state index >= 15 is 0 Å². The third-order valence-electron chi connectivity index (χ3n) is 22.5. The minimum absolute atomic E-state index is 1.17. The molecule has 0 radical (unpaired) electrons. The van der Waals surface area contributed by atoms with Crippen LogP contribution in [0.15, 0.2) is 0 Å². The Morgan fingerprint density at radius 3 is 1.08 bits per heavy atom. The van der Waals surface area contributed by atoms with Gasteiger partial charge in [0.2, 0.25) is 0 Å². The normalized spacial score (nSPS) is 158. The Balaban J connectivity index is 2.20. The molecule has 4 unspecified atom stereocenters. The van der Waals surface area contributed by atoms with Crippen LogP contribution >= 0.6 is 0 Å². The molecule has 0 saturated carbocycles. The Hall–Kier alpha value is 0.883. The van der Waals surface area contributed by atoms with E-state index in [1.54, 1.807) is 29.0 Å². The van der Waals surface area contributed by atoms with Crippen LogP contribution < -0.4 is 0 Å². The van der Waals surface area contributed by atoms with Crippen molar-refractivity contribution in [2.45, 2.75) is 49.1 Å². The second-order valence-electron chi connectivity index (χ2n) is 13.6. The van der Waals surface area contributed by atoms with Crippen molar-refractivity contribution in [3.8, 4) is 0 Å². The molecular formula is C12H14Zr. The molecule has 0 nitrogen and oxygen atoms in total. The average Bonchev–Trinajstić information content (AvgIpc) is 3.02. The molecule has 10 saturated heterocycles. The monoisotopic (exact) mass is 248 g/mol. The second kappa shape index (κ2) is 0.271. The summed E-state index contributed by atoms with van der Waals surface area (Å²) in [7, 11) is 0. The van der Waals surface area contributed by atoms with Gasteiger partial charge in [-0.3, -0.25) is 0 Å². The summed E-state index contributed by atoms with van der Waals surface area (Å²) in [5.41, 5.74) is 0. The maximum atomic E-state index is 2.84. The van der Waals surface area contributed by atoms with Crippen molar-refractivity contribution in [3.63, 3.8) is 0 Å². The van der Waals surface area contributed by atoms with E-state index in [1.165, 1.54) is 6.25 Å². The van der Waals surface area contributed by atoms with Crippen molar-refractivity contribution in [2.75, 3.05) is 0 Å². The van der Waals surface area contributed by atoms with Crippen LogP contribution in [0.4, 0.5) is 0 Å². The quantitative estimate of drug-likeness (QED) is 0.605. The summed E-state index contributed by atoms with van der Waals surface area (Å²) in [6.07, 6.45) is 0. The summed E-state index contributed by atoms with van der Waals surface area (Å²) in [5, 5.41) is 0. The summed E-state index contributed by atoms with van der Waals surface area (Å²) in [4.78, 5) is 0. The average molecular weight is 249 g/mol. The summed E-state index contributed by atoms with van der Waals surface area (Å²) in [6, 6.07) is 0. The van der Waals surface area contributed by atoms with Crippen LogP contribution in [0.2, 0.25) is 35.3 Å². The molecule has 0 aliphatic carbocycles. The van der Waals surface area contributed by atoms with Gasteiger partial charge >= 0.3 is 60.5 Å². The summed E-state index contributed by atoms with van der Waals surface area (Å²) in [5.74, 6) is 0. The van der Waals surface area contributed by atoms with Crippen molar-refractivity contribution < 1.29 is 11.4 Å². The first-order chi connectivity index (χ1) is 5.94. The van der Waals surface area contributed by atoms with Gasteiger partial charge in [0.15, 0.2) is 0 Å². The first-order valence-electron chi connectivity index (χ1n) is 6.97. The fourth-order valence-electron chi connectivity index (χ4n) is 27.1. The van der Waals surface area contributed by atoms with Crippen molar-refractivity contribution in [3.05, 3.63) is 0 Å². The molecule has 13 heavy (non-hydrogen) atoms. The van der Waals surface area contributed by atoms with Crippen LogP contribution in [-0.4, -0.2) is 0 Å². The summed E-state index contributed by atoms with van der Waals surface area (Å²) in [6.45, 7) is 5.68. The first kappa shape index (κ1) is 4.40. The molecule has 0 N–H and O–H groups in total. The van der Waals surface area contributed by atoms with E-state index in [9.17, 15) is 0 Å². The predicted octanol–water partition coefficient (Wildman–Crippen LogP) is 4.16. The fourth-order valence-corrected chi connectivity index (χ4v) is 259. The second-order valence-corrected chi connectivity index (χ2v) is 66.5. The van der Waals surface area contributed by atoms with Gasteiger partial charge in [-0.2, -0.15) is 0 Å². The molecule has 10 rings (SSSR count). The van der Waals surface area contributed by atoms with Crippen LogP contribution in [-0.2, 0) is 11.4 Å². The Bertz CT molecular complexity index is 815. The zero-order valence-corrected chi connectivity index (χ0v) is 10.6. The van der Waals surface area contributed by atoms with Crippen LogP contribution in [0, 0.1) is 0 Å². The van der Waals surface area contributed by atoms with Crippen molar-refractivity contribution in [1.82, 2.24) is 0 Å². The molecule has 10 heterocycles. The molecule has 10 aliphatic rings.